The van der Waals surface area contributed by atoms with Gasteiger partial charge in [0.2, 0.25) is 0 Å². The number of fused-ring (bicyclic) bond motifs is 1. The van der Waals surface area contributed by atoms with Gasteiger partial charge in [0, 0.05) is 30.0 Å². The number of nitrogens with zero attached hydrogens (tertiary/aromatic N) is 3. The molecule has 3 rings (SSSR count). The summed E-state index contributed by atoms with van der Waals surface area (Å²) < 4.78 is 0.950. The van der Waals surface area contributed by atoms with Crippen LogP contribution in [0.15, 0.2) is 59.3 Å². The van der Waals surface area contributed by atoms with E-state index in [1.165, 1.54) is 5.56 Å². The van der Waals surface area contributed by atoms with Gasteiger partial charge >= 0.3 is 0 Å². The molecule has 4 heteroatoms. The number of hydrogen-bond donors (Lipinski definition) is 0. The van der Waals surface area contributed by atoms with E-state index in [1.54, 1.807) is 0 Å². The maximum absolute atomic E-state index is 4.54. The average molecular weight is 342 g/mol. The zero-order valence-corrected chi connectivity index (χ0v) is 13.4. The Morgan fingerprint density at radius 3 is 2.67 bits per heavy atom. The molecule has 0 unspecified atom stereocenters. The van der Waals surface area contributed by atoms with Crippen LogP contribution in [0.1, 0.15) is 12.5 Å². The summed E-state index contributed by atoms with van der Waals surface area (Å²) in [5.74, 6) is 0. The summed E-state index contributed by atoms with van der Waals surface area (Å²) in [5.41, 5.74) is 4.27. The van der Waals surface area contributed by atoms with Crippen molar-refractivity contribution in [2.45, 2.75) is 13.5 Å². The minimum Gasteiger partial charge on any atom is -0.366 e. The lowest BCUT2D eigenvalue weighted by Crippen LogP contribution is -2.22. The van der Waals surface area contributed by atoms with E-state index in [0.29, 0.717) is 0 Å². The highest BCUT2D eigenvalue weighted by molar-refractivity contribution is 9.10. The summed E-state index contributed by atoms with van der Waals surface area (Å²) in [6, 6.07) is 14.5. The van der Waals surface area contributed by atoms with Gasteiger partial charge in [0.25, 0.3) is 0 Å². The molecule has 106 valence electrons. The van der Waals surface area contributed by atoms with Crippen molar-refractivity contribution in [1.82, 2.24) is 9.97 Å². The quantitative estimate of drug-likeness (QED) is 0.703. The van der Waals surface area contributed by atoms with Gasteiger partial charge in [0.05, 0.1) is 11.2 Å². The normalized spacial score (nSPS) is 10.8. The summed E-state index contributed by atoms with van der Waals surface area (Å²) in [4.78, 5) is 11.3. The van der Waals surface area contributed by atoms with Crippen molar-refractivity contribution in [3.63, 3.8) is 0 Å². The first-order valence-corrected chi connectivity index (χ1v) is 7.76. The Balaban J connectivity index is 2.01. The number of hydrogen-bond acceptors (Lipinski definition) is 3. The number of benzene rings is 1. The van der Waals surface area contributed by atoms with Crippen LogP contribution in [0.5, 0.6) is 0 Å². The molecule has 0 bridgehead atoms. The van der Waals surface area contributed by atoms with Crippen molar-refractivity contribution in [1.29, 1.82) is 0 Å². The Morgan fingerprint density at radius 1 is 1.10 bits per heavy atom. The SMILES string of the molecule is CCN(Cc1ccccc1)c1ccnc2cc(Br)cnc12. The van der Waals surface area contributed by atoms with Crippen molar-refractivity contribution in [2.24, 2.45) is 0 Å². The van der Waals surface area contributed by atoms with E-state index in [9.17, 15) is 0 Å². The van der Waals surface area contributed by atoms with Gasteiger partial charge in [-0.2, -0.15) is 0 Å². The van der Waals surface area contributed by atoms with Crippen LogP contribution in [-0.2, 0) is 6.54 Å². The van der Waals surface area contributed by atoms with Crippen molar-refractivity contribution in [2.75, 3.05) is 11.4 Å². The van der Waals surface area contributed by atoms with E-state index in [1.807, 2.05) is 30.6 Å². The molecule has 0 atom stereocenters. The van der Waals surface area contributed by atoms with Gasteiger partial charge in [-0.05, 0) is 40.5 Å². The molecule has 0 radical (unpaired) electrons. The van der Waals surface area contributed by atoms with E-state index >= 15 is 0 Å². The van der Waals surface area contributed by atoms with E-state index in [4.69, 9.17) is 0 Å². The predicted octanol–water partition coefficient (Wildman–Crippen LogP) is 4.42. The lowest BCUT2D eigenvalue weighted by atomic mass is 10.2. The third-order valence-electron chi connectivity index (χ3n) is 3.46. The lowest BCUT2D eigenvalue weighted by molar-refractivity contribution is 0.834. The van der Waals surface area contributed by atoms with E-state index in [0.717, 1.165) is 34.3 Å². The number of anilines is 1. The first-order chi connectivity index (χ1) is 10.3. The summed E-state index contributed by atoms with van der Waals surface area (Å²) in [7, 11) is 0. The van der Waals surface area contributed by atoms with Crippen molar-refractivity contribution >= 4 is 32.7 Å². The number of aromatic nitrogens is 2. The molecule has 0 saturated heterocycles. The molecule has 0 N–H and O–H groups in total. The van der Waals surface area contributed by atoms with Gasteiger partial charge in [0.1, 0.15) is 5.52 Å². The summed E-state index contributed by atoms with van der Waals surface area (Å²) in [6.07, 6.45) is 3.67. The van der Waals surface area contributed by atoms with Crippen LogP contribution in [0.4, 0.5) is 5.69 Å². The molecule has 0 aliphatic carbocycles. The zero-order valence-electron chi connectivity index (χ0n) is 11.8. The molecule has 2 heterocycles. The van der Waals surface area contributed by atoms with Crippen LogP contribution in [0.3, 0.4) is 0 Å². The number of rotatable bonds is 4. The molecule has 0 amide bonds. The second kappa shape index (κ2) is 6.22. The Bertz CT molecular complexity index is 743. The molecular formula is C17H16BrN3. The fraction of sp³-hybridized carbons (Fsp3) is 0.176. The van der Waals surface area contributed by atoms with Crippen LogP contribution in [-0.4, -0.2) is 16.5 Å². The van der Waals surface area contributed by atoms with Gasteiger partial charge < -0.3 is 4.90 Å². The van der Waals surface area contributed by atoms with Crippen LogP contribution in [0.2, 0.25) is 0 Å². The topological polar surface area (TPSA) is 29.0 Å². The van der Waals surface area contributed by atoms with Crippen molar-refractivity contribution in [3.8, 4) is 0 Å². The van der Waals surface area contributed by atoms with Crippen LogP contribution in [0.25, 0.3) is 11.0 Å². The first kappa shape index (κ1) is 14.0. The molecule has 0 aliphatic rings. The lowest BCUT2D eigenvalue weighted by Gasteiger charge is -2.24. The molecule has 0 fully saturated rings. The smallest absolute Gasteiger partial charge is 0.112 e. The summed E-state index contributed by atoms with van der Waals surface area (Å²) in [6.45, 7) is 3.95. The Hall–Kier alpha value is -1.94. The second-order valence-corrected chi connectivity index (χ2v) is 5.77. The Labute approximate surface area is 132 Å². The van der Waals surface area contributed by atoms with E-state index in [-0.39, 0.29) is 0 Å². The number of pyridine rings is 2. The standard InChI is InChI=1S/C17H16BrN3/c1-2-21(12-13-6-4-3-5-7-13)16-8-9-19-15-10-14(18)11-20-17(15)16/h3-11H,2,12H2,1H3. The molecule has 1 aromatic carbocycles. The van der Waals surface area contributed by atoms with Gasteiger partial charge in [-0.3, -0.25) is 9.97 Å². The zero-order chi connectivity index (χ0) is 14.7. The minimum absolute atomic E-state index is 0.869. The minimum atomic E-state index is 0.869. The van der Waals surface area contributed by atoms with Crippen molar-refractivity contribution in [3.05, 3.63) is 64.9 Å². The van der Waals surface area contributed by atoms with Crippen LogP contribution < -0.4 is 4.90 Å². The fourth-order valence-corrected chi connectivity index (χ4v) is 2.74. The molecule has 2 aromatic heterocycles. The van der Waals surface area contributed by atoms with Gasteiger partial charge in [-0.15, -0.1) is 0 Å². The molecule has 0 saturated carbocycles. The van der Waals surface area contributed by atoms with E-state index in [2.05, 4.69) is 62.0 Å². The molecule has 21 heavy (non-hydrogen) atoms. The molecule has 0 spiro atoms. The summed E-state index contributed by atoms with van der Waals surface area (Å²) >= 11 is 3.45. The summed E-state index contributed by atoms with van der Waals surface area (Å²) in [5, 5.41) is 0. The Morgan fingerprint density at radius 2 is 1.90 bits per heavy atom. The highest BCUT2D eigenvalue weighted by Gasteiger charge is 2.11. The Kier molecular flexibility index (Phi) is 4.15. The van der Waals surface area contributed by atoms with Crippen LogP contribution >= 0.6 is 15.9 Å². The molecular weight excluding hydrogens is 326 g/mol. The second-order valence-electron chi connectivity index (χ2n) is 4.85. The third-order valence-corrected chi connectivity index (χ3v) is 3.90. The highest BCUT2D eigenvalue weighted by atomic mass is 79.9. The van der Waals surface area contributed by atoms with Gasteiger partial charge in [-0.25, -0.2) is 0 Å². The molecule has 3 aromatic rings. The maximum Gasteiger partial charge on any atom is 0.112 e. The fourth-order valence-electron chi connectivity index (χ4n) is 2.42. The van der Waals surface area contributed by atoms with E-state index < -0.39 is 0 Å². The highest BCUT2D eigenvalue weighted by Crippen LogP contribution is 2.26. The number of halogens is 1. The monoisotopic (exact) mass is 341 g/mol. The molecule has 3 nitrogen and oxygen atoms in total. The predicted molar refractivity (Wildman–Crippen MR) is 90.4 cm³/mol. The van der Waals surface area contributed by atoms with Gasteiger partial charge in [0.15, 0.2) is 0 Å². The first-order valence-electron chi connectivity index (χ1n) is 6.97. The van der Waals surface area contributed by atoms with Crippen LogP contribution in [0, 0.1) is 0 Å². The van der Waals surface area contributed by atoms with Gasteiger partial charge in [-0.1, -0.05) is 30.3 Å². The average Bonchev–Trinajstić information content (AvgIpc) is 2.53. The maximum atomic E-state index is 4.54. The third kappa shape index (κ3) is 3.05. The largest absolute Gasteiger partial charge is 0.366 e. The molecule has 0 aliphatic heterocycles. The van der Waals surface area contributed by atoms with Crippen molar-refractivity contribution < 1.29 is 0 Å².